The predicted molar refractivity (Wildman–Crippen MR) is 218 cm³/mol. The van der Waals surface area contributed by atoms with Gasteiger partial charge >= 0.3 is 17.2 Å². The summed E-state index contributed by atoms with van der Waals surface area (Å²) in [5.41, 5.74) is 3.42. The Labute approximate surface area is 337 Å². The van der Waals surface area contributed by atoms with Crippen LogP contribution in [0.3, 0.4) is 0 Å². The Morgan fingerprint density at radius 1 is 0.509 bits per heavy atom. The van der Waals surface area contributed by atoms with Crippen LogP contribution in [0.4, 0.5) is 0 Å². The Morgan fingerprint density at radius 2 is 0.930 bits per heavy atom. The van der Waals surface area contributed by atoms with E-state index < -0.39 is 17.2 Å². The van der Waals surface area contributed by atoms with Crippen molar-refractivity contribution in [1.29, 1.82) is 0 Å². The first-order valence-corrected chi connectivity index (χ1v) is 20.4. The van der Waals surface area contributed by atoms with E-state index in [4.69, 9.17) is 46.1 Å². The molecule has 0 bridgehead atoms. The number of aryl methyl sites for hydroxylation is 2. The molecule has 0 aromatic heterocycles. The van der Waals surface area contributed by atoms with Crippen LogP contribution in [0.5, 0.6) is 51.7 Å². The molecule has 5 aromatic rings. The largest absolute Gasteiger partial charge is 0.530 e. The molecule has 1 unspecified atom stereocenters. The molecule has 0 amide bonds. The summed E-state index contributed by atoms with van der Waals surface area (Å²) in [5, 5.41) is 0. The van der Waals surface area contributed by atoms with Gasteiger partial charge in [-0.2, -0.15) is 0 Å². The van der Waals surface area contributed by atoms with Crippen molar-refractivity contribution < 1.29 is 60.5 Å². The molecule has 0 spiro atoms. The molecule has 1 atom stereocenters. The van der Waals surface area contributed by atoms with E-state index in [0.717, 1.165) is 16.0 Å². The first-order chi connectivity index (χ1) is 27.6. The minimum atomic E-state index is -2.35. The first-order valence-electron chi connectivity index (χ1n) is 17.0. The van der Waals surface area contributed by atoms with Crippen molar-refractivity contribution in [3.05, 3.63) is 118 Å². The van der Waals surface area contributed by atoms with Crippen LogP contribution in [-0.2, 0) is 11.1 Å². The van der Waals surface area contributed by atoms with E-state index in [2.05, 4.69) is 0 Å². The maximum atomic E-state index is 11.5. The number of thioether (sulfide) groups is 1. The van der Waals surface area contributed by atoms with E-state index in [1.54, 1.807) is 48.5 Å². The molecule has 16 heteroatoms. The van der Waals surface area contributed by atoms with Gasteiger partial charge in [0.1, 0.15) is 24.6 Å². The summed E-state index contributed by atoms with van der Waals surface area (Å²) in [4.78, 5) is 35.5. The van der Waals surface area contributed by atoms with Crippen LogP contribution in [0.15, 0.2) is 89.8 Å². The van der Waals surface area contributed by atoms with Crippen molar-refractivity contribution in [2.45, 2.75) is 25.3 Å². The SMILES string of the molecule is COc1cc(C)ccc1OP(OCc1cc(SC)cc(C)c1OP(Oc1ccc(C=O)cc1OC)Oc1ccc(C=O)cc1OC)Oc1ccc(C=O)cc1OC. The summed E-state index contributed by atoms with van der Waals surface area (Å²) in [6.45, 7) is 3.72. The predicted octanol–water partition coefficient (Wildman–Crippen LogP) is 10.2. The fraction of sp³-hybridized carbons (Fsp3) is 0.195. The molecule has 13 nitrogen and oxygen atoms in total. The van der Waals surface area contributed by atoms with E-state index in [1.807, 2.05) is 44.4 Å². The highest BCUT2D eigenvalue weighted by Crippen LogP contribution is 2.51. The third kappa shape index (κ3) is 11.1. The standard InChI is InChI=1S/C41H40O13P2S/c1-26-8-12-33(37(16-26)45-3)50-55(51-34-13-9-28(22-42)18-38(34)46-4)49-25-31-21-32(57-7)17-27(2)41(31)54-56(52-35-14-10-29(23-43)19-39(35)47-5)53-36-15-11-30(24-44)20-40(36)48-6/h8-24H,25H2,1-7H3. The summed E-state index contributed by atoms with van der Waals surface area (Å²) in [7, 11) is 1.32. The summed E-state index contributed by atoms with van der Waals surface area (Å²) < 4.78 is 60.5. The highest BCUT2D eigenvalue weighted by molar-refractivity contribution is 7.98. The van der Waals surface area contributed by atoms with Gasteiger partial charge in [-0.15, -0.1) is 11.8 Å². The van der Waals surface area contributed by atoms with Gasteiger partial charge < -0.3 is 41.6 Å². The average Bonchev–Trinajstić information content (AvgIpc) is 3.24. The zero-order valence-corrected chi connectivity index (χ0v) is 34.7. The number of ether oxygens (including phenoxy) is 4. The molecule has 0 saturated carbocycles. The van der Waals surface area contributed by atoms with Gasteiger partial charge in [0.15, 0.2) is 46.0 Å². The van der Waals surface area contributed by atoms with E-state index in [-0.39, 0.29) is 35.4 Å². The molecule has 0 aliphatic rings. The lowest BCUT2D eigenvalue weighted by Gasteiger charge is -2.24. The Morgan fingerprint density at radius 3 is 1.35 bits per heavy atom. The fourth-order valence-corrected chi connectivity index (χ4v) is 7.87. The summed E-state index contributed by atoms with van der Waals surface area (Å²) >= 11 is 1.52. The molecular formula is C41H40O13P2S. The van der Waals surface area contributed by atoms with Crippen LogP contribution < -0.4 is 41.6 Å². The molecule has 0 heterocycles. The van der Waals surface area contributed by atoms with Gasteiger partial charge in [-0.3, -0.25) is 18.9 Å². The molecule has 0 radical (unpaired) electrons. The van der Waals surface area contributed by atoms with E-state index in [9.17, 15) is 14.4 Å². The van der Waals surface area contributed by atoms with Crippen LogP contribution >= 0.6 is 29.0 Å². The molecule has 0 saturated heterocycles. The van der Waals surface area contributed by atoms with Gasteiger partial charge in [0.2, 0.25) is 0 Å². The Balaban J connectivity index is 1.53. The molecule has 5 rings (SSSR count). The van der Waals surface area contributed by atoms with E-state index in [1.165, 1.54) is 52.3 Å². The molecule has 0 aliphatic carbocycles. The second kappa shape index (κ2) is 20.6. The van der Waals surface area contributed by atoms with Crippen molar-refractivity contribution in [3.63, 3.8) is 0 Å². The third-order valence-corrected chi connectivity index (χ3v) is 10.8. The summed E-state index contributed by atoms with van der Waals surface area (Å²) in [6.07, 6.45) is 4.04. The zero-order chi connectivity index (χ0) is 40.9. The topological polar surface area (TPSA) is 144 Å². The second-order valence-corrected chi connectivity index (χ2v) is 14.8. The number of aldehydes is 3. The normalized spacial score (nSPS) is 11.2. The monoisotopic (exact) mass is 834 g/mol. The number of hydrogen-bond acceptors (Lipinski definition) is 14. The van der Waals surface area contributed by atoms with Gasteiger partial charge in [-0.1, -0.05) is 6.07 Å². The second-order valence-electron chi connectivity index (χ2n) is 11.8. The molecule has 57 heavy (non-hydrogen) atoms. The van der Waals surface area contributed by atoms with Gasteiger partial charge in [0.25, 0.3) is 0 Å². The van der Waals surface area contributed by atoms with Crippen molar-refractivity contribution in [3.8, 4) is 51.7 Å². The van der Waals surface area contributed by atoms with E-state index >= 15 is 0 Å². The first kappa shape index (κ1) is 42.6. The number of carbonyl (C=O) groups excluding carboxylic acids is 3. The van der Waals surface area contributed by atoms with Crippen molar-refractivity contribution in [2.75, 3.05) is 34.7 Å². The van der Waals surface area contributed by atoms with E-state index in [0.29, 0.717) is 64.1 Å². The van der Waals surface area contributed by atoms with Crippen molar-refractivity contribution in [2.24, 2.45) is 0 Å². The minimum absolute atomic E-state index is 0.0862. The number of rotatable bonds is 21. The summed E-state index contributed by atoms with van der Waals surface area (Å²) in [5.74, 6) is 2.80. The lowest BCUT2D eigenvalue weighted by atomic mass is 10.1. The molecule has 0 fully saturated rings. The Kier molecular flexibility index (Phi) is 15.4. The van der Waals surface area contributed by atoms with Crippen LogP contribution in [0, 0.1) is 13.8 Å². The molecule has 0 aliphatic heterocycles. The van der Waals surface area contributed by atoms with Gasteiger partial charge in [-0.25, -0.2) is 0 Å². The van der Waals surface area contributed by atoms with Crippen LogP contribution in [0.25, 0.3) is 0 Å². The zero-order valence-electron chi connectivity index (χ0n) is 32.1. The van der Waals surface area contributed by atoms with Crippen molar-refractivity contribution >= 4 is 47.8 Å². The Bertz CT molecular complexity index is 2140. The van der Waals surface area contributed by atoms with Crippen LogP contribution in [0.1, 0.15) is 47.8 Å². The lowest BCUT2D eigenvalue weighted by Crippen LogP contribution is -2.08. The number of carbonyl (C=O) groups is 3. The molecule has 0 N–H and O–H groups in total. The highest BCUT2D eigenvalue weighted by atomic mass is 32.2. The number of methoxy groups -OCH3 is 4. The van der Waals surface area contributed by atoms with Crippen LogP contribution in [-0.4, -0.2) is 53.6 Å². The minimum Gasteiger partial charge on any atom is -0.493 e. The maximum absolute atomic E-state index is 11.5. The molecule has 298 valence electrons. The smallest absolute Gasteiger partial charge is 0.493 e. The average molecular weight is 835 g/mol. The summed E-state index contributed by atoms with van der Waals surface area (Å²) in [6, 6.07) is 23.4. The third-order valence-electron chi connectivity index (χ3n) is 8.03. The molecule has 5 aromatic carbocycles. The van der Waals surface area contributed by atoms with Gasteiger partial charge in [0.05, 0.1) is 35.0 Å². The number of benzene rings is 5. The van der Waals surface area contributed by atoms with Gasteiger partial charge in [0, 0.05) is 27.1 Å². The quantitative estimate of drug-likeness (QED) is 0.0393. The van der Waals surface area contributed by atoms with Crippen molar-refractivity contribution in [1.82, 2.24) is 0 Å². The highest BCUT2D eigenvalue weighted by Gasteiger charge is 2.28. The maximum Gasteiger partial charge on any atom is 0.530 e. The molecular weight excluding hydrogens is 794 g/mol. The number of hydrogen-bond donors (Lipinski definition) is 0. The lowest BCUT2D eigenvalue weighted by molar-refractivity contribution is 0.111. The fourth-order valence-electron chi connectivity index (χ4n) is 5.16. The van der Waals surface area contributed by atoms with Gasteiger partial charge in [-0.05, 0) is 110 Å². The van der Waals surface area contributed by atoms with Crippen LogP contribution in [0.2, 0.25) is 0 Å². The Hall–Kier alpha value is -5.52.